The predicted molar refractivity (Wildman–Crippen MR) is 105 cm³/mol. The number of rotatable bonds is 4. The molecule has 142 valence electrons. The van der Waals surface area contributed by atoms with Gasteiger partial charge in [-0.15, -0.1) is 0 Å². The van der Waals surface area contributed by atoms with E-state index in [0.717, 1.165) is 28.0 Å². The Morgan fingerprint density at radius 1 is 0.963 bits per heavy atom. The van der Waals surface area contributed by atoms with Crippen LogP contribution >= 0.6 is 0 Å². The lowest BCUT2D eigenvalue weighted by Crippen LogP contribution is -2.51. The van der Waals surface area contributed by atoms with Crippen molar-refractivity contribution < 1.29 is 14.3 Å². The van der Waals surface area contributed by atoms with Crippen LogP contribution in [0.3, 0.4) is 0 Å². The lowest BCUT2D eigenvalue weighted by molar-refractivity contribution is -0.131. The highest BCUT2D eigenvalue weighted by Crippen LogP contribution is 2.17. The van der Waals surface area contributed by atoms with Crippen LogP contribution in [0.2, 0.25) is 0 Å². The van der Waals surface area contributed by atoms with Crippen molar-refractivity contribution in [1.82, 2.24) is 9.80 Å². The molecule has 0 aliphatic carbocycles. The van der Waals surface area contributed by atoms with Gasteiger partial charge in [-0.2, -0.15) is 0 Å². The molecule has 0 spiro atoms. The minimum atomic E-state index is 0.0519. The van der Waals surface area contributed by atoms with Gasteiger partial charge in [-0.3, -0.25) is 9.59 Å². The number of methoxy groups -OCH3 is 1. The first-order valence-electron chi connectivity index (χ1n) is 9.26. The number of aryl methyl sites for hydroxylation is 1. The van der Waals surface area contributed by atoms with Crippen molar-refractivity contribution in [3.8, 4) is 5.75 Å². The van der Waals surface area contributed by atoms with Gasteiger partial charge in [-0.25, -0.2) is 0 Å². The summed E-state index contributed by atoms with van der Waals surface area (Å²) in [5, 5.41) is 0. The first kappa shape index (κ1) is 19.0. The largest absolute Gasteiger partial charge is 0.497 e. The van der Waals surface area contributed by atoms with E-state index in [4.69, 9.17) is 4.74 Å². The molecule has 0 radical (unpaired) electrons. The van der Waals surface area contributed by atoms with Gasteiger partial charge in [0.1, 0.15) is 5.75 Å². The smallest absolute Gasteiger partial charge is 0.254 e. The first-order valence-corrected chi connectivity index (χ1v) is 9.26. The molecular formula is C22H26N2O3. The molecule has 2 amide bonds. The molecule has 0 saturated carbocycles. The number of carbonyl (C=O) groups excluding carboxylic acids is 2. The molecule has 2 aromatic rings. The predicted octanol–water partition coefficient (Wildman–Crippen LogP) is 2.84. The Kier molecular flexibility index (Phi) is 5.79. The second-order valence-electron chi connectivity index (χ2n) is 6.95. The average Bonchev–Trinajstić information content (AvgIpc) is 2.70. The van der Waals surface area contributed by atoms with Gasteiger partial charge in [-0.1, -0.05) is 24.3 Å². The zero-order valence-electron chi connectivity index (χ0n) is 16.2. The maximum atomic E-state index is 12.8. The molecule has 5 heteroatoms. The zero-order valence-corrected chi connectivity index (χ0v) is 16.2. The van der Waals surface area contributed by atoms with Crippen LogP contribution in [0.5, 0.6) is 5.75 Å². The summed E-state index contributed by atoms with van der Waals surface area (Å²) in [5.41, 5.74) is 3.84. The van der Waals surface area contributed by atoms with Gasteiger partial charge < -0.3 is 14.5 Å². The van der Waals surface area contributed by atoms with E-state index in [9.17, 15) is 9.59 Å². The highest BCUT2D eigenvalue weighted by molar-refractivity contribution is 5.96. The van der Waals surface area contributed by atoms with Crippen molar-refractivity contribution >= 4 is 11.8 Å². The van der Waals surface area contributed by atoms with Gasteiger partial charge in [-0.05, 0) is 48.7 Å². The molecule has 0 unspecified atom stereocenters. The molecule has 1 aliphatic rings. The van der Waals surface area contributed by atoms with E-state index >= 15 is 0 Å². The van der Waals surface area contributed by atoms with Gasteiger partial charge in [0.2, 0.25) is 5.91 Å². The molecule has 1 aliphatic heterocycles. The second kappa shape index (κ2) is 8.25. The molecule has 0 aromatic heterocycles. The molecule has 2 aromatic carbocycles. The second-order valence-corrected chi connectivity index (χ2v) is 6.95. The Balaban J connectivity index is 1.58. The van der Waals surface area contributed by atoms with Crippen LogP contribution in [0.4, 0.5) is 0 Å². The minimum Gasteiger partial charge on any atom is -0.497 e. The Morgan fingerprint density at radius 2 is 1.63 bits per heavy atom. The molecule has 3 rings (SSSR count). The standard InChI is InChI=1S/C22H26N2O3/c1-16-6-4-9-20(17(16)2)22(26)24-12-10-23(11-13-24)21(25)15-18-7-5-8-19(14-18)27-3/h4-9,14H,10-13,15H2,1-3H3. The molecule has 0 bridgehead atoms. The third kappa shape index (κ3) is 4.30. The van der Waals surface area contributed by atoms with Crippen LogP contribution in [0.1, 0.15) is 27.0 Å². The average molecular weight is 366 g/mol. The van der Waals surface area contributed by atoms with Crippen LogP contribution in [0, 0.1) is 13.8 Å². The maximum absolute atomic E-state index is 12.8. The molecule has 27 heavy (non-hydrogen) atoms. The van der Waals surface area contributed by atoms with E-state index in [-0.39, 0.29) is 11.8 Å². The number of hydrogen-bond donors (Lipinski definition) is 0. The molecule has 0 atom stereocenters. The van der Waals surface area contributed by atoms with Crippen LogP contribution in [0.15, 0.2) is 42.5 Å². The number of hydrogen-bond acceptors (Lipinski definition) is 3. The Labute approximate surface area is 160 Å². The van der Waals surface area contributed by atoms with E-state index < -0.39 is 0 Å². The summed E-state index contributed by atoms with van der Waals surface area (Å²) in [5.74, 6) is 0.891. The third-order valence-electron chi connectivity index (χ3n) is 5.24. The van der Waals surface area contributed by atoms with Crippen molar-refractivity contribution in [2.75, 3.05) is 33.3 Å². The number of nitrogens with zero attached hydrogens (tertiary/aromatic N) is 2. The highest BCUT2D eigenvalue weighted by Gasteiger charge is 2.25. The topological polar surface area (TPSA) is 49.9 Å². The monoisotopic (exact) mass is 366 g/mol. The molecule has 1 heterocycles. The summed E-state index contributed by atoms with van der Waals surface area (Å²) in [6.45, 7) is 6.27. The summed E-state index contributed by atoms with van der Waals surface area (Å²) in [4.78, 5) is 29.1. The molecular weight excluding hydrogens is 340 g/mol. The SMILES string of the molecule is COc1cccc(CC(=O)N2CCN(C(=O)c3cccc(C)c3C)CC2)c1. The first-order chi connectivity index (χ1) is 13.0. The Bertz CT molecular complexity index is 839. The number of amides is 2. The summed E-state index contributed by atoms with van der Waals surface area (Å²) in [6, 6.07) is 13.4. The Morgan fingerprint density at radius 3 is 2.33 bits per heavy atom. The zero-order chi connectivity index (χ0) is 19.4. The van der Waals surface area contributed by atoms with Crippen molar-refractivity contribution in [1.29, 1.82) is 0 Å². The summed E-state index contributed by atoms with van der Waals surface area (Å²) < 4.78 is 5.21. The number of carbonyl (C=O) groups is 2. The van der Waals surface area contributed by atoms with Crippen LogP contribution in [-0.4, -0.2) is 54.9 Å². The van der Waals surface area contributed by atoms with E-state index in [2.05, 4.69) is 0 Å². The quantitative estimate of drug-likeness (QED) is 0.836. The number of piperazine rings is 1. The third-order valence-corrected chi connectivity index (χ3v) is 5.24. The molecule has 1 saturated heterocycles. The fourth-order valence-corrected chi connectivity index (χ4v) is 3.38. The lowest BCUT2D eigenvalue weighted by Gasteiger charge is -2.35. The summed E-state index contributed by atoms with van der Waals surface area (Å²) in [7, 11) is 1.62. The Hall–Kier alpha value is -2.82. The highest BCUT2D eigenvalue weighted by atomic mass is 16.5. The van der Waals surface area contributed by atoms with Crippen molar-refractivity contribution in [3.63, 3.8) is 0 Å². The lowest BCUT2D eigenvalue weighted by atomic mass is 10.0. The maximum Gasteiger partial charge on any atom is 0.254 e. The fourth-order valence-electron chi connectivity index (χ4n) is 3.38. The van der Waals surface area contributed by atoms with Crippen LogP contribution in [0.25, 0.3) is 0 Å². The van der Waals surface area contributed by atoms with Crippen LogP contribution < -0.4 is 4.74 Å². The molecule has 5 nitrogen and oxygen atoms in total. The van der Waals surface area contributed by atoms with Crippen molar-refractivity contribution in [2.24, 2.45) is 0 Å². The normalized spacial score (nSPS) is 14.2. The van der Waals surface area contributed by atoms with Crippen molar-refractivity contribution in [2.45, 2.75) is 20.3 Å². The summed E-state index contributed by atoms with van der Waals surface area (Å²) in [6.07, 6.45) is 0.349. The fraction of sp³-hybridized carbons (Fsp3) is 0.364. The van der Waals surface area contributed by atoms with Gasteiger partial charge in [0, 0.05) is 31.7 Å². The van der Waals surface area contributed by atoms with E-state index in [1.165, 1.54) is 0 Å². The van der Waals surface area contributed by atoms with E-state index in [1.54, 1.807) is 7.11 Å². The van der Waals surface area contributed by atoms with Gasteiger partial charge >= 0.3 is 0 Å². The molecule has 0 N–H and O–H groups in total. The number of benzene rings is 2. The van der Waals surface area contributed by atoms with Crippen LogP contribution in [-0.2, 0) is 11.2 Å². The molecule has 1 fully saturated rings. The van der Waals surface area contributed by atoms with E-state index in [1.807, 2.05) is 66.1 Å². The minimum absolute atomic E-state index is 0.0519. The van der Waals surface area contributed by atoms with Gasteiger partial charge in [0.05, 0.1) is 13.5 Å². The van der Waals surface area contributed by atoms with Gasteiger partial charge in [0.25, 0.3) is 5.91 Å². The van der Waals surface area contributed by atoms with E-state index in [0.29, 0.717) is 32.6 Å². The summed E-state index contributed by atoms with van der Waals surface area (Å²) >= 11 is 0. The van der Waals surface area contributed by atoms with Gasteiger partial charge in [0.15, 0.2) is 0 Å². The number of ether oxygens (including phenoxy) is 1. The van der Waals surface area contributed by atoms with Crippen molar-refractivity contribution in [3.05, 3.63) is 64.7 Å².